The van der Waals surface area contributed by atoms with Crippen LogP contribution in [0.15, 0.2) is 0 Å². The van der Waals surface area contributed by atoms with E-state index in [1.807, 2.05) is 0 Å². The molecule has 21 nitrogen and oxygen atoms in total. The first-order valence-electron chi connectivity index (χ1n) is 14.2. The second-order valence-electron chi connectivity index (χ2n) is 11.3. The summed E-state index contributed by atoms with van der Waals surface area (Å²) in [6, 6.07) is -3.06. The molecule has 0 spiro atoms. The van der Waals surface area contributed by atoms with Gasteiger partial charge in [0, 0.05) is 20.3 Å². The summed E-state index contributed by atoms with van der Waals surface area (Å²) in [5.74, 6) is -6.18. The van der Waals surface area contributed by atoms with E-state index in [9.17, 15) is 70.6 Å². The minimum Gasteiger partial charge on any atom is -0.477 e. The zero-order chi connectivity index (χ0) is 34.7. The Labute approximate surface area is 260 Å². The highest BCUT2D eigenvalue weighted by molar-refractivity contribution is 5.76. The van der Waals surface area contributed by atoms with Gasteiger partial charge in [-0.3, -0.25) is 9.59 Å². The first-order valence-corrected chi connectivity index (χ1v) is 14.2. The Morgan fingerprint density at radius 1 is 0.870 bits per heavy atom. The van der Waals surface area contributed by atoms with Crippen molar-refractivity contribution in [2.45, 2.75) is 118 Å². The molecule has 16 atom stereocenters. The van der Waals surface area contributed by atoms with Gasteiger partial charge in [-0.2, -0.15) is 0 Å². The maximum atomic E-state index is 12.5. The van der Waals surface area contributed by atoms with Crippen molar-refractivity contribution in [1.29, 1.82) is 0 Å². The Kier molecular flexibility index (Phi) is 13.1. The summed E-state index contributed by atoms with van der Waals surface area (Å²) in [6.07, 6.45) is -24.8. The molecular weight excluding hydrogens is 632 g/mol. The molecule has 0 aliphatic carbocycles. The Morgan fingerprint density at radius 2 is 1.48 bits per heavy atom. The van der Waals surface area contributed by atoms with Crippen LogP contribution in [0.25, 0.3) is 0 Å². The summed E-state index contributed by atoms with van der Waals surface area (Å²) in [5.41, 5.74) is 0. The van der Waals surface area contributed by atoms with E-state index < -0.39 is 142 Å². The van der Waals surface area contributed by atoms with Crippen molar-refractivity contribution < 1.29 is 94.2 Å². The number of carboxylic acids is 1. The molecule has 0 aromatic heterocycles. The number of carbonyl (C=O) groups excluding carboxylic acids is 2. The minimum atomic E-state index is -2.84. The fourth-order valence-electron chi connectivity index (χ4n) is 5.45. The molecule has 0 bridgehead atoms. The first kappa shape index (κ1) is 38.3. The Bertz CT molecular complexity index is 1050. The second-order valence-corrected chi connectivity index (χ2v) is 11.3. The highest BCUT2D eigenvalue weighted by Gasteiger charge is 2.57. The van der Waals surface area contributed by atoms with Crippen LogP contribution in [0.3, 0.4) is 0 Å². The van der Waals surface area contributed by atoms with Gasteiger partial charge in [0.25, 0.3) is 5.79 Å². The quantitative estimate of drug-likeness (QED) is 0.0913. The number of aliphatic hydroxyl groups is 10. The molecule has 3 saturated heterocycles. The van der Waals surface area contributed by atoms with Crippen LogP contribution in [0.4, 0.5) is 0 Å². The topological polar surface area (TPSA) is 344 Å². The number of carbonyl (C=O) groups is 3. The summed E-state index contributed by atoms with van der Waals surface area (Å²) >= 11 is 0. The van der Waals surface area contributed by atoms with Gasteiger partial charge in [0.2, 0.25) is 11.8 Å². The molecule has 3 fully saturated rings. The average Bonchev–Trinajstić information content (AvgIpc) is 2.99. The summed E-state index contributed by atoms with van der Waals surface area (Å²) in [6.45, 7) is -0.705. The normalized spacial score (nSPS) is 42.9. The molecule has 0 aromatic rings. The van der Waals surface area contributed by atoms with Gasteiger partial charge in [-0.1, -0.05) is 0 Å². The van der Waals surface area contributed by atoms with Crippen molar-refractivity contribution in [1.82, 2.24) is 10.6 Å². The number of ether oxygens (including phenoxy) is 5. The van der Waals surface area contributed by atoms with Crippen LogP contribution in [0.5, 0.6) is 0 Å². The third kappa shape index (κ3) is 8.26. The molecule has 2 amide bonds. The van der Waals surface area contributed by atoms with Crippen molar-refractivity contribution in [2.24, 2.45) is 0 Å². The molecule has 0 radical (unpaired) electrons. The summed E-state index contributed by atoms with van der Waals surface area (Å²) in [5, 5.41) is 117. The molecule has 3 heterocycles. The van der Waals surface area contributed by atoms with E-state index in [1.54, 1.807) is 0 Å². The number of carboxylic acid groups (broad SMARTS) is 1. The Balaban J connectivity index is 1.87. The molecule has 46 heavy (non-hydrogen) atoms. The third-order valence-electron chi connectivity index (χ3n) is 7.87. The van der Waals surface area contributed by atoms with Crippen LogP contribution in [-0.2, 0) is 38.1 Å². The van der Waals surface area contributed by atoms with Gasteiger partial charge >= 0.3 is 5.97 Å². The number of hydrogen-bond acceptors (Lipinski definition) is 18. The maximum absolute atomic E-state index is 12.5. The van der Waals surface area contributed by atoms with Crippen molar-refractivity contribution in [2.75, 3.05) is 19.8 Å². The Hall–Kier alpha value is -2.19. The first-order chi connectivity index (χ1) is 21.5. The van der Waals surface area contributed by atoms with Gasteiger partial charge in [-0.25, -0.2) is 4.79 Å². The van der Waals surface area contributed by atoms with Crippen molar-refractivity contribution in [3.63, 3.8) is 0 Å². The van der Waals surface area contributed by atoms with Crippen LogP contribution in [0.1, 0.15) is 20.3 Å². The molecule has 0 saturated carbocycles. The van der Waals surface area contributed by atoms with Gasteiger partial charge in [0.15, 0.2) is 12.6 Å². The van der Waals surface area contributed by atoms with Crippen LogP contribution in [0, 0.1) is 0 Å². The van der Waals surface area contributed by atoms with Gasteiger partial charge in [-0.15, -0.1) is 0 Å². The molecule has 3 aliphatic rings. The number of nitrogens with one attached hydrogen (secondary N) is 2. The second kappa shape index (κ2) is 15.8. The molecule has 266 valence electrons. The van der Waals surface area contributed by atoms with Crippen molar-refractivity contribution in [3.05, 3.63) is 0 Å². The number of rotatable bonds is 12. The summed E-state index contributed by atoms with van der Waals surface area (Å²) in [4.78, 5) is 36.0. The lowest BCUT2D eigenvalue weighted by Gasteiger charge is -2.48. The number of aliphatic hydroxyl groups excluding tert-OH is 10. The molecule has 0 aromatic carbocycles. The molecule has 3 rings (SSSR count). The smallest absolute Gasteiger partial charge is 0.364 e. The zero-order valence-corrected chi connectivity index (χ0v) is 24.7. The molecule has 21 heteroatoms. The SMILES string of the molecule is CC(=O)N[C@@H]1[C@@H](O[C@@H]2O[C@H](CO)[C@H](O)[C@H](O)[C@H]2O)[C@@H](O)[C@@H](CO[C@]2(C(=O)O)C[C@H](O)[C@@H](NC(C)=O)[C@H]([C@H](O)[C@H](O)CO)O2)O[C@H]1O. The van der Waals surface area contributed by atoms with E-state index in [2.05, 4.69) is 10.6 Å². The zero-order valence-electron chi connectivity index (χ0n) is 24.7. The lowest BCUT2D eigenvalue weighted by molar-refractivity contribution is -0.351. The number of amides is 2. The minimum absolute atomic E-state index is 0.723. The fraction of sp³-hybridized carbons (Fsp3) is 0.880. The highest BCUT2D eigenvalue weighted by Crippen LogP contribution is 2.35. The van der Waals surface area contributed by atoms with Gasteiger partial charge in [-0.05, 0) is 0 Å². The Morgan fingerprint density at radius 3 is 2.02 bits per heavy atom. The number of aliphatic carboxylic acids is 1. The molecular formula is C25H42N2O19. The van der Waals surface area contributed by atoms with Crippen LogP contribution in [0.2, 0.25) is 0 Å². The van der Waals surface area contributed by atoms with Gasteiger partial charge < -0.3 is 90.5 Å². The summed E-state index contributed by atoms with van der Waals surface area (Å²) < 4.78 is 27.2. The average molecular weight is 675 g/mol. The van der Waals surface area contributed by atoms with E-state index in [0.717, 1.165) is 13.8 Å². The van der Waals surface area contributed by atoms with Crippen LogP contribution < -0.4 is 10.6 Å². The molecule has 0 unspecified atom stereocenters. The molecule has 3 aliphatic heterocycles. The number of hydrogen-bond donors (Lipinski definition) is 13. The largest absolute Gasteiger partial charge is 0.477 e. The predicted molar refractivity (Wildman–Crippen MR) is 142 cm³/mol. The standard InChI is InChI=1S/C25H42N2O19/c1-7(30)26-13-9(32)3-25(24(40)41,46-21(13)15(34)10(33)4-28)42-6-12-17(36)20(14(22(39)43-12)27-8(2)31)45-23-19(38)18(37)16(35)11(5-29)44-23/h9-23,28-29,32-39H,3-6H2,1-2H3,(H,26,30)(H,27,31)(H,40,41)/t9-,10+,11+,12+,13+,14+,15+,16-,17-,18-,19+,20+,21+,22+,23-,25+/m0/s1. The lowest BCUT2D eigenvalue weighted by atomic mass is 9.88. The van der Waals surface area contributed by atoms with Crippen molar-refractivity contribution in [3.8, 4) is 0 Å². The lowest BCUT2D eigenvalue weighted by Crippen LogP contribution is -2.69. The maximum Gasteiger partial charge on any atom is 0.364 e. The molecule has 13 N–H and O–H groups in total. The third-order valence-corrected chi connectivity index (χ3v) is 7.87. The predicted octanol–water partition coefficient (Wildman–Crippen LogP) is -8.08. The van der Waals surface area contributed by atoms with Crippen molar-refractivity contribution >= 4 is 17.8 Å². The van der Waals surface area contributed by atoms with Gasteiger partial charge in [0.1, 0.15) is 67.1 Å². The van der Waals surface area contributed by atoms with E-state index in [-0.39, 0.29) is 0 Å². The van der Waals surface area contributed by atoms with Gasteiger partial charge in [0.05, 0.1) is 32.0 Å². The highest BCUT2D eigenvalue weighted by atomic mass is 16.7. The fourth-order valence-corrected chi connectivity index (χ4v) is 5.45. The monoisotopic (exact) mass is 674 g/mol. The van der Waals surface area contributed by atoms with E-state index >= 15 is 0 Å². The summed E-state index contributed by atoms with van der Waals surface area (Å²) in [7, 11) is 0. The van der Waals surface area contributed by atoms with Crippen LogP contribution >= 0.6 is 0 Å². The van der Waals surface area contributed by atoms with E-state index in [1.165, 1.54) is 0 Å². The van der Waals surface area contributed by atoms with Crippen LogP contribution in [-0.4, -0.2) is 191 Å². The van der Waals surface area contributed by atoms with E-state index in [0.29, 0.717) is 0 Å². The van der Waals surface area contributed by atoms with E-state index in [4.69, 9.17) is 23.7 Å².